The molecule has 0 radical (unpaired) electrons. The predicted molar refractivity (Wildman–Crippen MR) is 68.4 cm³/mol. The number of hydrogen-bond donors (Lipinski definition) is 2. The largest absolute Gasteiger partial charge is 0.478 e. The van der Waals surface area contributed by atoms with Gasteiger partial charge >= 0.3 is 5.97 Å². The van der Waals surface area contributed by atoms with Gasteiger partial charge in [-0.25, -0.2) is 14.8 Å². The quantitative estimate of drug-likeness (QED) is 0.892. The Morgan fingerprint density at radius 3 is 2.68 bits per heavy atom. The van der Waals surface area contributed by atoms with Gasteiger partial charge in [0.05, 0.1) is 28.7 Å². The third kappa shape index (κ3) is 2.97. The fraction of sp³-hybridized carbons (Fsp3) is 0. The Bertz CT molecular complexity index is 664. The first-order valence-corrected chi connectivity index (χ1v) is 5.50. The molecule has 1 aromatic heterocycles. The Labute approximate surface area is 113 Å². The standard InChI is InChI=1S/C12H7ClN4O2/c13-9-3-7(12(18)19)1-2-10(9)17-11-6-15-8(4-14)5-16-11/h1-3,5-6H,(H,16,17)(H,18,19). The SMILES string of the molecule is N#Cc1cnc(Nc2ccc(C(=O)O)cc2Cl)cn1. The summed E-state index contributed by atoms with van der Waals surface area (Å²) in [5.41, 5.74) is 0.810. The third-order valence-corrected chi connectivity index (χ3v) is 2.56. The van der Waals surface area contributed by atoms with Crippen LogP contribution in [0.4, 0.5) is 11.5 Å². The average Bonchev–Trinajstić information content (AvgIpc) is 2.41. The van der Waals surface area contributed by atoms with Gasteiger partial charge in [0.1, 0.15) is 11.9 Å². The number of carboxylic acid groups (broad SMARTS) is 1. The minimum absolute atomic E-state index is 0.0986. The highest BCUT2D eigenvalue weighted by Gasteiger charge is 2.07. The molecule has 0 aliphatic rings. The van der Waals surface area contributed by atoms with Gasteiger partial charge in [-0.05, 0) is 18.2 Å². The molecular formula is C12H7ClN4O2. The first kappa shape index (κ1) is 12.8. The Morgan fingerprint density at radius 1 is 1.37 bits per heavy atom. The Balaban J connectivity index is 2.23. The predicted octanol–water partition coefficient (Wildman–Crippen LogP) is 2.44. The fourth-order valence-corrected chi connectivity index (χ4v) is 1.57. The van der Waals surface area contributed by atoms with Crippen LogP contribution in [0.15, 0.2) is 30.6 Å². The van der Waals surface area contributed by atoms with E-state index in [1.165, 1.54) is 30.6 Å². The van der Waals surface area contributed by atoms with Crippen LogP contribution in [-0.4, -0.2) is 21.0 Å². The van der Waals surface area contributed by atoms with Crippen LogP contribution in [0.2, 0.25) is 5.02 Å². The van der Waals surface area contributed by atoms with Crippen molar-refractivity contribution in [2.75, 3.05) is 5.32 Å². The van der Waals surface area contributed by atoms with Crippen LogP contribution in [0, 0.1) is 11.3 Å². The highest BCUT2D eigenvalue weighted by Crippen LogP contribution is 2.25. The maximum atomic E-state index is 10.8. The third-order valence-electron chi connectivity index (χ3n) is 2.25. The number of nitriles is 1. The number of anilines is 2. The number of aromatic nitrogens is 2. The second kappa shape index (κ2) is 5.33. The van der Waals surface area contributed by atoms with Crippen LogP contribution in [0.5, 0.6) is 0 Å². The zero-order valence-corrected chi connectivity index (χ0v) is 10.2. The molecule has 0 amide bonds. The van der Waals surface area contributed by atoms with Crippen molar-refractivity contribution >= 4 is 29.1 Å². The molecule has 0 aliphatic carbocycles. The number of carbonyl (C=O) groups is 1. The fourth-order valence-electron chi connectivity index (χ4n) is 1.34. The molecule has 0 aliphatic heterocycles. The van der Waals surface area contributed by atoms with E-state index in [1.54, 1.807) is 0 Å². The minimum Gasteiger partial charge on any atom is -0.478 e. The van der Waals surface area contributed by atoms with Crippen LogP contribution in [0.1, 0.15) is 16.1 Å². The molecule has 6 nitrogen and oxygen atoms in total. The van der Waals surface area contributed by atoms with E-state index in [9.17, 15) is 4.79 Å². The topological polar surface area (TPSA) is 98.9 Å². The second-order valence-electron chi connectivity index (χ2n) is 3.52. The molecule has 0 unspecified atom stereocenters. The van der Waals surface area contributed by atoms with Gasteiger partial charge in [-0.1, -0.05) is 11.6 Å². The van der Waals surface area contributed by atoms with Gasteiger partial charge in [0.25, 0.3) is 0 Å². The number of carboxylic acids is 1. The lowest BCUT2D eigenvalue weighted by atomic mass is 10.2. The molecule has 0 bridgehead atoms. The summed E-state index contributed by atoms with van der Waals surface area (Å²) in [6.45, 7) is 0. The monoisotopic (exact) mass is 274 g/mol. The van der Waals surface area contributed by atoms with Crippen LogP contribution in [-0.2, 0) is 0 Å². The van der Waals surface area contributed by atoms with Crippen LogP contribution >= 0.6 is 11.6 Å². The zero-order chi connectivity index (χ0) is 13.8. The molecule has 2 aromatic rings. The van der Waals surface area contributed by atoms with Crippen molar-refractivity contribution in [3.05, 3.63) is 46.9 Å². The Hall–Kier alpha value is -2.65. The van der Waals surface area contributed by atoms with Crippen molar-refractivity contribution in [2.24, 2.45) is 0 Å². The molecular weight excluding hydrogens is 268 g/mol. The van der Waals surface area contributed by atoms with Crippen molar-refractivity contribution in [3.63, 3.8) is 0 Å². The maximum Gasteiger partial charge on any atom is 0.335 e. The van der Waals surface area contributed by atoms with Gasteiger partial charge in [0, 0.05) is 0 Å². The first-order valence-electron chi connectivity index (χ1n) is 5.12. The lowest BCUT2D eigenvalue weighted by molar-refractivity contribution is 0.0697. The van der Waals surface area contributed by atoms with Crippen LogP contribution in [0.3, 0.4) is 0 Å². The molecule has 0 atom stereocenters. The summed E-state index contributed by atoms with van der Waals surface area (Å²) in [6, 6.07) is 6.15. The molecule has 1 heterocycles. The van der Waals surface area contributed by atoms with Gasteiger partial charge in [-0.15, -0.1) is 0 Å². The molecule has 2 N–H and O–H groups in total. The van der Waals surface area contributed by atoms with E-state index in [0.717, 1.165) is 0 Å². The number of benzene rings is 1. The molecule has 1 aromatic carbocycles. The second-order valence-corrected chi connectivity index (χ2v) is 3.93. The van der Waals surface area contributed by atoms with Gasteiger partial charge < -0.3 is 10.4 Å². The molecule has 0 fully saturated rings. The number of nitrogens with one attached hydrogen (secondary N) is 1. The van der Waals surface area contributed by atoms with E-state index < -0.39 is 5.97 Å². The van der Waals surface area contributed by atoms with E-state index >= 15 is 0 Å². The molecule has 2 rings (SSSR count). The van der Waals surface area contributed by atoms with Gasteiger partial charge in [-0.3, -0.25) is 0 Å². The van der Waals surface area contributed by atoms with E-state index in [2.05, 4.69) is 15.3 Å². The maximum absolute atomic E-state index is 10.8. The van der Waals surface area contributed by atoms with Crippen LogP contribution < -0.4 is 5.32 Å². The first-order chi connectivity index (χ1) is 9.10. The van der Waals surface area contributed by atoms with Crippen molar-refractivity contribution < 1.29 is 9.90 Å². The lowest BCUT2D eigenvalue weighted by Crippen LogP contribution is -1.99. The van der Waals surface area contributed by atoms with Gasteiger partial charge in [0.2, 0.25) is 0 Å². The Kier molecular flexibility index (Phi) is 3.59. The number of rotatable bonds is 3. The van der Waals surface area contributed by atoms with E-state index in [1.807, 2.05) is 6.07 Å². The summed E-state index contributed by atoms with van der Waals surface area (Å²) < 4.78 is 0. The van der Waals surface area contributed by atoms with Gasteiger partial charge in [0.15, 0.2) is 5.69 Å². The molecule has 94 valence electrons. The van der Waals surface area contributed by atoms with Crippen molar-refractivity contribution in [1.82, 2.24) is 9.97 Å². The minimum atomic E-state index is -1.05. The normalized spacial score (nSPS) is 9.68. The highest BCUT2D eigenvalue weighted by atomic mass is 35.5. The summed E-state index contributed by atoms with van der Waals surface area (Å²) in [4.78, 5) is 18.6. The number of halogens is 1. The summed E-state index contributed by atoms with van der Waals surface area (Å²) in [5.74, 6) is -0.643. The average molecular weight is 275 g/mol. The molecule has 0 saturated heterocycles. The van der Waals surface area contributed by atoms with Crippen molar-refractivity contribution in [1.29, 1.82) is 5.26 Å². The highest BCUT2D eigenvalue weighted by molar-refractivity contribution is 6.33. The number of nitrogens with zero attached hydrogens (tertiary/aromatic N) is 3. The molecule has 7 heteroatoms. The van der Waals surface area contributed by atoms with Crippen molar-refractivity contribution in [3.8, 4) is 6.07 Å². The lowest BCUT2D eigenvalue weighted by Gasteiger charge is -2.07. The molecule has 0 saturated carbocycles. The van der Waals surface area contributed by atoms with Crippen molar-refractivity contribution in [2.45, 2.75) is 0 Å². The Morgan fingerprint density at radius 2 is 2.16 bits per heavy atom. The number of hydrogen-bond acceptors (Lipinski definition) is 5. The van der Waals surface area contributed by atoms with Gasteiger partial charge in [-0.2, -0.15) is 5.26 Å². The van der Waals surface area contributed by atoms with E-state index in [-0.39, 0.29) is 16.3 Å². The number of aromatic carboxylic acids is 1. The summed E-state index contributed by atoms with van der Waals surface area (Å²) >= 11 is 5.96. The van der Waals surface area contributed by atoms with E-state index in [0.29, 0.717) is 11.5 Å². The van der Waals surface area contributed by atoms with E-state index in [4.69, 9.17) is 22.0 Å². The summed E-state index contributed by atoms with van der Waals surface area (Å²) in [5, 5.41) is 20.5. The summed E-state index contributed by atoms with van der Waals surface area (Å²) in [6.07, 6.45) is 2.71. The van der Waals surface area contributed by atoms with Crippen LogP contribution in [0.25, 0.3) is 0 Å². The molecule has 19 heavy (non-hydrogen) atoms. The smallest absolute Gasteiger partial charge is 0.335 e. The summed E-state index contributed by atoms with van der Waals surface area (Å²) in [7, 11) is 0. The zero-order valence-electron chi connectivity index (χ0n) is 9.46. The molecule has 0 spiro atoms.